The molecule has 1 atom stereocenters. The summed E-state index contributed by atoms with van der Waals surface area (Å²) in [4.78, 5) is 8.44. The zero-order valence-electron chi connectivity index (χ0n) is 12.5. The Morgan fingerprint density at radius 1 is 1.42 bits per heavy atom. The average molecular weight is 281 g/mol. The molecular weight excluding hydrogens is 254 g/mol. The number of rotatable bonds is 5. The topological polar surface area (TPSA) is 28.2 Å². The molecule has 1 aromatic heterocycles. The van der Waals surface area contributed by atoms with Gasteiger partial charge in [0.2, 0.25) is 0 Å². The fraction of sp³-hybridized carbons (Fsp3) is 0.800. The molecule has 1 aliphatic heterocycles. The second-order valence-electron chi connectivity index (χ2n) is 6.16. The van der Waals surface area contributed by atoms with Crippen LogP contribution in [0.2, 0.25) is 0 Å². The van der Waals surface area contributed by atoms with E-state index in [9.17, 15) is 0 Å². The predicted molar refractivity (Wildman–Crippen MR) is 83.9 cm³/mol. The van der Waals surface area contributed by atoms with Gasteiger partial charge in [0, 0.05) is 30.7 Å². The maximum Gasteiger partial charge on any atom is 0.185 e. The quantitative estimate of drug-likeness (QED) is 0.895. The molecule has 4 heteroatoms. The van der Waals surface area contributed by atoms with Crippen LogP contribution in [0.15, 0.2) is 6.20 Å². The van der Waals surface area contributed by atoms with E-state index in [0.717, 1.165) is 19.0 Å². The third-order valence-corrected chi connectivity index (χ3v) is 4.74. The molecule has 1 unspecified atom stereocenters. The molecule has 3 nitrogen and oxygen atoms in total. The Morgan fingerprint density at radius 3 is 3.05 bits per heavy atom. The highest BCUT2D eigenvalue weighted by Crippen LogP contribution is 2.26. The van der Waals surface area contributed by atoms with Crippen molar-refractivity contribution in [2.45, 2.75) is 46.6 Å². The Labute approximate surface area is 121 Å². The highest BCUT2D eigenvalue weighted by molar-refractivity contribution is 7.15. The van der Waals surface area contributed by atoms with E-state index in [1.54, 1.807) is 0 Å². The van der Waals surface area contributed by atoms with Crippen molar-refractivity contribution < 1.29 is 0 Å². The van der Waals surface area contributed by atoms with Crippen LogP contribution < -0.4 is 10.2 Å². The molecule has 0 saturated carbocycles. The lowest BCUT2D eigenvalue weighted by molar-refractivity contribution is 0.521. The first-order valence-electron chi connectivity index (χ1n) is 7.55. The number of aromatic nitrogens is 1. The Morgan fingerprint density at radius 2 is 2.26 bits per heavy atom. The molecule has 1 aliphatic rings. The maximum absolute atomic E-state index is 4.61. The number of hydrogen-bond donors (Lipinski definition) is 1. The number of thiazole rings is 1. The number of nitrogens with one attached hydrogen (secondary N) is 1. The van der Waals surface area contributed by atoms with Crippen LogP contribution in [0.3, 0.4) is 0 Å². The molecule has 1 N–H and O–H groups in total. The van der Waals surface area contributed by atoms with Crippen LogP contribution in [0.25, 0.3) is 0 Å². The van der Waals surface area contributed by atoms with Gasteiger partial charge in [-0.15, -0.1) is 11.3 Å². The third kappa shape index (κ3) is 4.77. The zero-order valence-corrected chi connectivity index (χ0v) is 13.3. The number of anilines is 1. The molecule has 0 radical (unpaired) electrons. The second kappa shape index (κ2) is 7.25. The summed E-state index contributed by atoms with van der Waals surface area (Å²) in [6, 6.07) is 0. The minimum absolute atomic E-state index is 0.708. The van der Waals surface area contributed by atoms with Gasteiger partial charge in [-0.2, -0.15) is 0 Å². The Balaban J connectivity index is 1.85. The lowest BCUT2D eigenvalue weighted by Gasteiger charge is -2.18. The van der Waals surface area contributed by atoms with Gasteiger partial charge in [0.1, 0.15) is 0 Å². The van der Waals surface area contributed by atoms with Crippen LogP contribution in [0.5, 0.6) is 0 Å². The van der Waals surface area contributed by atoms with Crippen LogP contribution in [-0.2, 0) is 6.54 Å². The number of hydrogen-bond acceptors (Lipinski definition) is 4. The van der Waals surface area contributed by atoms with Crippen molar-refractivity contribution in [1.29, 1.82) is 0 Å². The first kappa shape index (κ1) is 14.8. The molecule has 0 spiro atoms. The minimum atomic E-state index is 0.708. The van der Waals surface area contributed by atoms with E-state index >= 15 is 0 Å². The van der Waals surface area contributed by atoms with E-state index < -0.39 is 0 Å². The smallest absolute Gasteiger partial charge is 0.185 e. The summed E-state index contributed by atoms with van der Waals surface area (Å²) in [5, 5.41) is 4.71. The highest BCUT2D eigenvalue weighted by atomic mass is 32.1. The van der Waals surface area contributed by atoms with Gasteiger partial charge in [-0.05, 0) is 37.6 Å². The van der Waals surface area contributed by atoms with E-state index in [4.69, 9.17) is 0 Å². The first-order chi connectivity index (χ1) is 9.15. The summed E-state index contributed by atoms with van der Waals surface area (Å²) in [5.74, 6) is 1.58. The third-order valence-electron chi connectivity index (χ3n) is 3.68. The van der Waals surface area contributed by atoms with Crippen LogP contribution in [0, 0.1) is 11.8 Å². The van der Waals surface area contributed by atoms with E-state index in [0.29, 0.717) is 5.92 Å². The second-order valence-corrected chi connectivity index (χ2v) is 7.25. The Hall–Kier alpha value is -0.610. The van der Waals surface area contributed by atoms with Gasteiger partial charge in [0.25, 0.3) is 0 Å². The first-order valence-corrected chi connectivity index (χ1v) is 8.37. The fourth-order valence-electron chi connectivity index (χ4n) is 2.46. The summed E-state index contributed by atoms with van der Waals surface area (Å²) < 4.78 is 0. The van der Waals surface area contributed by atoms with Gasteiger partial charge in [0.05, 0.1) is 0 Å². The summed E-state index contributed by atoms with van der Waals surface area (Å²) in [6.07, 6.45) is 6.02. The minimum Gasteiger partial charge on any atom is -0.348 e. The summed E-state index contributed by atoms with van der Waals surface area (Å²) in [5.41, 5.74) is 0. The normalized spacial score (nSPS) is 20.8. The zero-order chi connectivity index (χ0) is 13.7. The predicted octanol–water partition coefficient (Wildman–Crippen LogP) is 3.52. The molecule has 0 bridgehead atoms. The monoisotopic (exact) mass is 281 g/mol. The van der Waals surface area contributed by atoms with Crippen molar-refractivity contribution in [3.8, 4) is 0 Å². The fourth-order valence-corrected chi connectivity index (χ4v) is 3.39. The van der Waals surface area contributed by atoms with Gasteiger partial charge >= 0.3 is 0 Å². The van der Waals surface area contributed by atoms with E-state index in [1.807, 2.05) is 17.5 Å². The summed E-state index contributed by atoms with van der Waals surface area (Å²) in [7, 11) is 0. The van der Waals surface area contributed by atoms with Gasteiger partial charge < -0.3 is 10.2 Å². The maximum atomic E-state index is 4.61. The van der Waals surface area contributed by atoms with Crippen molar-refractivity contribution in [3.05, 3.63) is 11.1 Å². The van der Waals surface area contributed by atoms with E-state index in [1.165, 1.54) is 42.4 Å². The van der Waals surface area contributed by atoms with Gasteiger partial charge in [-0.1, -0.05) is 20.8 Å². The SMILES string of the molecule is CC(C)CNCc1cnc(N2CCCC(C)CC2)s1. The van der Waals surface area contributed by atoms with Crippen molar-refractivity contribution in [2.75, 3.05) is 24.5 Å². The summed E-state index contributed by atoms with van der Waals surface area (Å²) >= 11 is 1.85. The van der Waals surface area contributed by atoms with Crippen LogP contribution >= 0.6 is 11.3 Å². The standard InChI is InChI=1S/C15H27N3S/c1-12(2)9-16-10-14-11-17-15(19-14)18-7-4-5-13(3)6-8-18/h11-13,16H,4-10H2,1-3H3. The molecule has 1 saturated heterocycles. The van der Waals surface area contributed by atoms with Gasteiger partial charge in [-0.3, -0.25) is 0 Å². The molecule has 0 aromatic carbocycles. The molecule has 1 fully saturated rings. The Kier molecular flexibility index (Phi) is 5.64. The lowest BCUT2D eigenvalue weighted by atomic mass is 10.0. The largest absolute Gasteiger partial charge is 0.348 e. The molecule has 1 aromatic rings. The number of nitrogens with zero attached hydrogens (tertiary/aromatic N) is 2. The Bertz CT molecular complexity index is 375. The van der Waals surface area contributed by atoms with E-state index in [-0.39, 0.29) is 0 Å². The molecule has 0 aliphatic carbocycles. The summed E-state index contributed by atoms with van der Waals surface area (Å²) in [6.45, 7) is 11.2. The molecule has 2 rings (SSSR count). The van der Waals surface area contributed by atoms with Crippen LogP contribution in [0.1, 0.15) is 44.9 Å². The molecule has 0 amide bonds. The molecule has 2 heterocycles. The molecule has 108 valence electrons. The van der Waals surface area contributed by atoms with Crippen molar-refractivity contribution in [2.24, 2.45) is 11.8 Å². The molecule has 19 heavy (non-hydrogen) atoms. The molecular formula is C15H27N3S. The lowest BCUT2D eigenvalue weighted by Crippen LogP contribution is -2.23. The van der Waals surface area contributed by atoms with Crippen molar-refractivity contribution >= 4 is 16.5 Å². The van der Waals surface area contributed by atoms with Gasteiger partial charge in [-0.25, -0.2) is 4.98 Å². The van der Waals surface area contributed by atoms with Crippen molar-refractivity contribution in [1.82, 2.24) is 10.3 Å². The van der Waals surface area contributed by atoms with E-state index in [2.05, 4.69) is 36.0 Å². The van der Waals surface area contributed by atoms with Crippen LogP contribution in [-0.4, -0.2) is 24.6 Å². The highest BCUT2D eigenvalue weighted by Gasteiger charge is 2.16. The average Bonchev–Trinajstić information content (AvgIpc) is 2.71. The van der Waals surface area contributed by atoms with Crippen molar-refractivity contribution in [3.63, 3.8) is 0 Å². The van der Waals surface area contributed by atoms with Gasteiger partial charge in [0.15, 0.2) is 5.13 Å². The van der Waals surface area contributed by atoms with Crippen LogP contribution in [0.4, 0.5) is 5.13 Å².